The largest absolute Gasteiger partial charge is 0.341 e. The van der Waals surface area contributed by atoms with Gasteiger partial charge in [0.15, 0.2) is 0 Å². The maximum atomic E-state index is 6.17. The highest BCUT2D eigenvalue weighted by Crippen LogP contribution is 2.55. The fourth-order valence-corrected chi connectivity index (χ4v) is 6.63. The van der Waals surface area contributed by atoms with E-state index < -0.39 is 0 Å². The average Bonchev–Trinajstić information content (AvgIpc) is 3.02. The first-order valence-corrected chi connectivity index (χ1v) is 12.2. The Morgan fingerprint density at radius 1 is 1.16 bits per heavy atom. The molecule has 0 amide bonds. The number of fused-ring (bicyclic) bond motifs is 5. The second-order valence-electron chi connectivity index (χ2n) is 9.47. The first-order chi connectivity index (χ1) is 15.3. The van der Waals surface area contributed by atoms with Gasteiger partial charge in [-0.25, -0.2) is 0 Å². The van der Waals surface area contributed by atoms with Gasteiger partial charge in [-0.1, -0.05) is 54.1 Å². The highest BCUT2D eigenvalue weighted by Gasteiger charge is 2.49. The summed E-state index contributed by atoms with van der Waals surface area (Å²) in [4.78, 5) is 7.43. The van der Waals surface area contributed by atoms with Crippen LogP contribution >= 0.6 is 11.6 Å². The van der Waals surface area contributed by atoms with Crippen molar-refractivity contribution in [3.05, 3.63) is 87.8 Å². The molecule has 0 saturated carbocycles. The molecule has 2 unspecified atom stereocenters. The van der Waals surface area contributed by atoms with Crippen LogP contribution in [0.25, 0.3) is 6.08 Å². The lowest BCUT2D eigenvalue weighted by molar-refractivity contribution is 0.319. The van der Waals surface area contributed by atoms with E-state index in [1.165, 1.54) is 42.5 Å². The van der Waals surface area contributed by atoms with Gasteiger partial charge < -0.3 is 4.90 Å². The Morgan fingerprint density at radius 2 is 2.13 bits per heavy atom. The molecule has 2 nitrogen and oxygen atoms in total. The van der Waals surface area contributed by atoms with Gasteiger partial charge in [-0.15, -0.1) is 0 Å². The fourth-order valence-electron chi connectivity index (χ4n) is 6.44. The molecule has 3 heterocycles. The summed E-state index contributed by atoms with van der Waals surface area (Å²) in [5.41, 5.74) is 7.61. The summed E-state index contributed by atoms with van der Waals surface area (Å²) in [5.74, 6) is 1.88. The molecule has 1 fully saturated rings. The molecule has 2 aliphatic carbocycles. The number of aliphatic imine (C=N–C) groups is 1. The van der Waals surface area contributed by atoms with Crippen molar-refractivity contribution in [2.45, 2.75) is 44.6 Å². The molecule has 1 aromatic rings. The van der Waals surface area contributed by atoms with E-state index in [2.05, 4.69) is 52.4 Å². The topological polar surface area (TPSA) is 15.6 Å². The SMILES string of the molecule is Clc1cccc(C=CCC2CC[C@H]3C4=C2CC=C2C=CCCC2N4C2=CC=NC[C@@H]23)c1. The molecule has 0 N–H and O–H groups in total. The quantitative estimate of drug-likeness (QED) is 0.507. The Balaban J connectivity index is 1.35. The van der Waals surface area contributed by atoms with E-state index in [1.54, 1.807) is 11.3 Å². The number of allylic oxidation sites excluding steroid dienone is 6. The summed E-state index contributed by atoms with van der Waals surface area (Å²) in [7, 11) is 0. The van der Waals surface area contributed by atoms with Gasteiger partial charge in [-0.2, -0.15) is 0 Å². The van der Waals surface area contributed by atoms with Crippen LogP contribution in [0.2, 0.25) is 5.02 Å². The maximum absolute atomic E-state index is 6.17. The van der Waals surface area contributed by atoms with Crippen molar-refractivity contribution in [2.75, 3.05) is 6.54 Å². The van der Waals surface area contributed by atoms with E-state index >= 15 is 0 Å². The maximum Gasteiger partial charge on any atom is 0.0585 e. The van der Waals surface area contributed by atoms with Crippen molar-refractivity contribution >= 4 is 23.9 Å². The molecule has 3 heteroatoms. The van der Waals surface area contributed by atoms with Crippen molar-refractivity contribution in [3.8, 4) is 0 Å². The second kappa shape index (κ2) is 7.98. The van der Waals surface area contributed by atoms with Gasteiger partial charge in [0.1, 0.15) is 0 Å². The predicted octanol–water partition coefficient (Wildman–Crippen LogP) is 6.97. The third kappa shape index (κ3) is 3.36. The van der Waals surface area contributed by atoms with Crippen molar-refractivity contribution in [3.63, 3.8) is 0 Å². The number of hydrogen-bond donors (Lipinski definition) is 0. The standard InChI is InChI=1S/C28H29ClN2/c29-22-9-4-6-19(17-22)5-3-8-20-11-14-24-25-18-30-16-15-27(25)31-26-10-2-1-7-21(26)12-13-23(20)28(24)31/h1,3-7,9,12,15-17,20,24-26H,2,8,10-11,13-14,18H2/t20?,24-,25-,26?/m1/s1. The molecular weight excluding hydrogens is 400 g/mol. The van der Waals surface area contributed by atoms with Crippen LogP contribution in [0.4, 0.5) is 0 Å². The Kier molecular flexibility index (Phi) is 4.99. The van der Waals surface area contributed by atoms with Gasteiger partial charge in [0.2, 0.25) is 0 Å². The van der Waals surface area contributed by atoms with Crippen molar-refractivity contribution in [1.29, 1.82) is 0 Å². The summed E-state index contributed by atoms with van der Waals surface area (Å²) in [5, 5.41) is 0.804. The zero-order valence-corrected chi connectivity index (χ0v) is 18.6. The molecular formula is C28H29ClN2. The number of dihydropyridines is 1. The number of halogens is 1. The van der Waals surface area contributed by atoms with Crippen molar-refractivity contribution in [1.82, 2.24) is 4.90 Å². The molecule has 158 valence electrons. The highest BCUT2D eigenvalue weighted by molar-refractivity contribution is 6.30. The molecule has 0 bridgehead atoms. The summed E-state index contributed by atoms with van der Waals surface area (Å²) in [6, 6.07) is 8.65. The molecule has 1 aromatic carbocycles. The summed E-state index contributed by atoms with van der Waals surface area (Å²) < 4.78 is 0. The molecule has 0 aromatic heterocycles. The number of hydrogen-bond acceptors (Lipinski definition) is 2. The Hall–Kier alpha value is -2.32. The first kappa shape index (κ1) is 19.4. The third-order valence-electron chi connectivity index (χ3n) is 7.81. The van der Waals surface area contributed by atoms with Crippen LogP contribution in [0.1, 0.15) is 44.1 Å². The molecule has 0 radical (unpaired) electrons. The minimum absolute atomic E-state index is 0.517. The third-order valence-corrected chi connectivity index (χ3v) is 8.04. The van der Waals surface area contributed by atoms with Gasteiger partial charge in [0, 0.05) is 41.0 Å². The predicted molar refractivity (Wildman–Crippen MR) is 130 cm³/mol. The monoisotopic (exact) mass is 428 g/mol. The van der Waals surface area contributed by atoms with Gasteiger partial charge >= 0.3 is 0 Å². The van der Waals surface area contributed by atoms with Gasteiger partial charge in [-0.05, 0) is 79.4 Å². The molecule has 5 aliphatic rings. The second-order valence-corrected chi connectivity index (χ2v) is 9.91. The van der Waals surface area contributed by atoms with E-state index in [0.29, 0.717) is 23.8 Å². The summed E-state index contributed by atoms with van der Waals surface area (Å²) in [6.45, 7) is 0.963. The van der Waals surface area contributed by atoms with Crippen molar-refractivity contribution < 1.29 is 0 Å². The van der Waals surface area contributed by atoms with Crippen LogP contribution in [0.5, 0.6) is 0 Å². The van der Waals surface area contributed by atoms with E-state index in [1.807, 2.05) is 24.4 Å². The minimum atomic E-state index is 0.517. The normalized spacial score (nSPS) is 31.2. The van der Waals surface area contributed by atoms with Crippen LogP contribution in [-0.4, -0.2) is 23.7 Å². The van der Waals surface area contributed by atoms with Crippen LogP contribution in [-0.2, 0) is 0 Å². The smallest absolute Gasteiger partial charge is 0.0585 e. The van der Waals surface area contributed by atoms with E-state index in [-0.39, 0.29) is 0 Å². The van der Waals surface area contributed by atoms with E-state index in [0.717, 1.165) is 24.4 Å². The number of rotatable bonds is 3. The summed E-state index contributed by atoms with van der Waals surface area (Å²) >= 11 is 6.17. The molecule has 0 spiro atoms. The van der Waals surface area contributed by atoms with Crippen molar-refractivity contribution in [2.24, 2.45) is 22.7 Å². The zero-order chi connectivity index (χ0) is 20.8. The Bertz CT molecular complexity index is 1070. The molecule has 6 rings (SSSR count). The molecule has 1 saturated heterocycles. The number of nitrogens with zero attached hydrogens (tertiary/aromatic N) is 2. The fraction of sp³-hybridized carbons (Fsp3) is 0.393. The Labute approximate surface area is 190 Å². The van der Waals surface area contributed by atoms with Crippen LogP contribution in [0.15, 0.2) is 82.2 Å². The Morgan fingerprint density at radius 3 is 3.06 bits per heavy atom. The first-order valence-electron chi connectivity index (χ1n) is 11.8. The molecule has 3 aliphatic heterocycles. The lowest BCUT2D eigenvalue weighted by Crippen LogP contribution is -2.34. The lowest BCUT2D eigenvalue weighted by atomic mass is 9.74. The van der Waals surface area contributed by atoms with Gasteiger partial charge in [0.25, 0.3) is 0 Å². The average molecular weight is 429 g/mol. The van der Waals surface area contributed by atoms with E-state index in [9.17, 15) is 0 Å². The highest BCUT2D eigenvalue weighted by atomic mass is 35.5. The molecule has 31 heavy (non-hydrogen) atoms. The van der Waals surface area contributed by atoms with Gasteiger partial charge in [0.05, 0.1) is 6.04 Å². The minimum Gasteiger partial charge on any atom is -0.341 e. The van der Waals surface area contributed by atoms with Crippen LogP contribution in [0.3, 0.4) is 0 Å². The number of benzene rings is 1. The van der Waals surface area contributed by atoms with E-state index in [4.69, 9.17) is 11.6 Å². The lowest BCUT2D eigenvalue weighted by Gasteiger charge is -2.37. The molecule has 4 atom stereocenters. The zero-order valence-electron chi connectivity index (χ0n) is 17.9. The van der Waals surface area contributed by atoms with Crippen LogP contribution < -0.4 is 0 Å². The van der Waals surface area contributed by atoms with Crippen LogP contribution in [0, 0.1) is 17.8 Å². The summed E-state index contributed by atoms with van der Waals surface area (Å²) in [6.07, 6.45) is 23.4. The van der Waals surface area contributed by atoms with Gasteiger partial charge in [-0.3, -0.25) is 4.99 Å².